The van der Waals surface area contributed by atoms with E-state index in [2.05, 4.69) is 10.4 Å². The predicted octanol–water partition coefficient (Wildman–Crippen LogP) is 5.81. The molecule has 0 aliphatic rings. The van der Waals surface area contributed by atoms with Crippen LogP contribution in [0.5, 0.6) is 0 Å². The molecule has 0 saturated carbocycles. The molecule has 2 aromatic carbocycles. The van der Waals surface area contributed by atoms with Crippen LogP contribution in [0.3, 0.4) is 0 Å². The van der Waals surface area contributed by atoms with Gasteiger partial charge in [-0.2, -0.15) is 5.10 Å². The van der Waals surface area contributed by atoms with Gasteiger partial charge in [0.15, 0.2) is 0 Å². The first kappa shape index (κ1) is 17.5. The number of benzene rings is 2. The number of nitrogens with zero attached hydrogens (tertiary/aromatic N) is 2. The number of carbonyl (C=O) groups excluding carboxylic acids is 1. The Kier molecular flexibility index (Phi) is 4.79. The number of para-hydroxylation sites is 1. The van der Waals surface area contributed by atoms with E-state index >= 15 is 0 Å². The summed E-state index contributed by atoms with van der Waals surface area (Å²) >= 11 is 7.71. The van der Waals surface area contributed by atoms with Crippen LogP contribution in [0.4, 0.5) is 5.69 Å². The number of carbonyl (C=O) groups is 1. The van der Waals surface area contributed by atoms with Crippen LogP contribution in [0.15, 0.2) is 72.2 Å². The molecule has 2 heterocycles. The largest absolute Gasteiger partial charge is 0.321 e. The van der Waals surface area contributed by atoms with Gasteiger partial charge < -0.3 is 5.32 Å². The summed E-state index contributed by atoms with van der Waals surface area (Å²) in [5.74, 6) is -0.190. The molecule has 4 aromatic rings. The molecule has 4 rings (SSSR count). The number of halogens is 1. The first-order chi connectivity index (χ1) is 13.1. The zero-order valence-electron chi connectivity index (χ0n) is 14.5. The minimum Gasteiger partial charge on any atom is -0.321 e. The zero-order chi connectivity index (χ0) is 18.8. The van der Waals surface area contributed by atoms with Crippen molar-refractivity contribution in [2.45, 2.75) is 6.92 Å². The Morgan fingerprint density at radius 3 is 2.74 bits per heavy atom. The third-order valence-corrected chi connectivity index (χ3v) is 5.41. The molecule has 1 N–H and O–H groups in total. The number of nitrogens with one attached hydrogen (secondary N) is 1. The number of hydrogen-bond donors (Lipinski definition) is 1. The van der Waals surface area contributed by atoms with Crippen LogP contribution in [0.25, 0.3) is 16.1 Å². The summed E-state index contributed by atoms with van der Waals surface area (Å²) in [6.07, 6.45) is 1.58. The van der Waals surface area contributed by atoms with Crippen molar-refractivity contribution in [3.05, 3.63) is 88.5 Å². The van der Waals surface area contributed by atoms with Crippen molar-refractivity contribution in [2.75, 3.05) is 5.32 Å². The van der Waals surface area contributed by atoms with Crippen molar-refractivity contribution in [3.8, 4) is 16.1 Å². The average molecular weight is 394 g/mol. The molecule has 0 spiro atoms. The molecule has 27 heavy (non-hydrogen) atoms. The van der Waals surface area contributed by atoms with Gasteiger partial charge in [0.2, 0.25) is 0 Å². The third kappa shape index (κ3) is 3.52. The van der Waals surface area contributed by atoms with E-state index < -0.39 is 0 Å². The monoisotopic (exact) mass is 393 g/mol. The molecule has 0 aliphatic carbocycles. The maximum absolute atomic E-state index is 12.9. The highest BCUT2D eigenvalue weighted by molar-refractivity contribution is 7.13. The lowest BCUT2D eigenvalue weighted by atomic mass is 10.1. The fourth-order valence-electron chi connectivity index (χ4n) is 2.93. The van der Waals surface area contributed by atoms with Crippen molar-refractivity contribution in [2.24, 2.45) is 0 Å². The van der Waals surface area contributed by atoms with Gasteiger partial charge in [-0.15, -0.1) is 11.3 Å². The van der Waals surface area contributed by atoms with E-state index in [4.69, 9.17) is 11.6 Å². The Bertz CT molecular complexity index is 1100. The average Bonchev–Trinajstić information content (AvgIpc) is 3.32. The van der Waals surface area contributed by atoms with Crippen LogP contribution >= 0.6 is 22.9 Å². The lowest BCUT2D eigenvalue weighted by Gasteiger charge is -2.10. The standard InChI is InChI=1S/C21H16ClN3OS/c1-14-18(13-23-25(14)16-7-4-6-15(22)12-16)21(26)24-19-9-3-2-8-17(19)20-10-5-11-27-20/h2-13H,1H3,(H,24,26). The van der Waals surface area contributed by atoms with E-state index in [1.165, 1.54) is 0 Å². The maximum Gasteiger partial charge on any atom is 0.259 e. The molecule has 0 saturated heterocycles. The highest BCUT2D eigenvalue weighted by Crippen LogP contribution is 2.31. The lowest BCUT2D eigenvalue weighted by Crippen LogP contribution is -2.13. The number of rotatable bonds is 4. The maximum atomic E-state index is 12.9. The van der Waals surface area contributed by atoms with Crippen LogP contribution in [-0.4, -0.2) is 15.7 Å². The second-order valence-electron chi connectivity index (χ2n) is 6.01. The van der Waals surface area contributed by atoms with E-state index in [-0.39, 0.29) is 5.91 Å². The zero-order valence-corrected chi connectivity index (χ0v) is 16.1. The molecule has 0 fully saturated rings. The molecule has 0 bridgehead atoms. The topological polar surface area (TPSA) is 46.9 Å². The highest BCUT2D eigenvalue weighted by atomic mass is 35.5. The molecule has 0 unspecified atom stereocenters. The van der Waals surface area contributed by atoms with Crippen LogP contribution < -0.4 is 5.32 Å². The van der Waals surface area contributed by atoms with Gasteiger partial charge in [0.05, 0.1) is 23.1 Å². The third-order valence-electron chi connectivity index (χ3n) is 4.27. The van der Waals surface area contributed by atoms with E-state index in [0.717, 1.165) is 27.5 Å². The van der Waals surface area contributed by atoms with Gasteiger partial charge in [0.1, 0.15) is 0 Å². The van der Waals surface area contributed by atoms with E-state index in [0.29, 0.717) is 10.6 Å². The van der Waals surface area contributed by atoms with Crippen LogP contribution in [0.1, 0.15) is 16.1 Å². The number of amides is 1. The molecule has 134 valence electrons. The van der Waals surface area contributed by atoms with E-state index in [1.807, 2.05) is 66.9 Å². The van der Waals surface area contributed by atoms with Crippen molar-refractivity contribution < 1.29 is 4.79 Å². The summed E-state index contributed by atoms with van der Waals surface area (Å²) in [4.78, 5) is 14.0. The molecular formula is C21H16ClN3OS. The van der Waals surface area contributed by atoms with Crippen LogP contribution in [-0.2, 0) is 0 Å². The first-order valence-corrected chi connectivity index (χ1v) is 9.64. The Morgan fingerprint density at radius 2 is 1.96 bits per heavy atom. The van der Waals surface area contributed by atoms with Gasteiger partial charge in [-0.1, -0.05) is 41.9 Å². The van der Waals surface area contributed by atoms with Gasteiger partial charge in [-0.05, 0) is 42.6 Å². The van der Waals surface area contributed by atoms with Gasteiger partial charge in [-0.3, -0.25) is 4.79 Å². The fraction of sp³-hybridized carbons (Fsp3) is 0.0476. The second kappa shape index (κ2) is 7.39. The van der Waals surface area contributed by atoms with Crippen molar-refractivity contribution >= 4 is 34.5 Å². The molecule has 4 nitrogen and oxygen atoms in total. The Balaban J connectivity index is 1.64. The number of hydrogen-bond acceptors (Lipinski definition) is 3. The molecule has 0 radical (unpaired) electrons. The molecule has 2 aromatic heterocycles. The van der Waals surface area contributed by atoms with E-state index in [9.17, 15) is 4.79 Å². The minimum atomic E-state index is -0.190. The van der Waals surface area contributed by atoms with Gasteiger partial charge in [0.25, 0.3) is 5.91 Å². The summed E-state index contributed by atoms with van der Waals surface area (Å²) < 4.78 is 1.71. The highest BCUT2D eigenvalue weighted by Gasteiger charge is 2.17. The van der Waals surface area contributed by atoms with E-state index in [1.54, 1.807) is 28.3 Å². The summed E-state index contributed by atoms with van der Waals surface area (Å²) in [6.45, 7) is 1.87. The van der Waals surface area contributed by atoms with Crippen molar-refractivity contribution in [1.29, 1.82) is 0 Å². The lowest BCUT2D eigenvalue weighted by molar-refractivity contribution is 0.102. The fourth-order valence-corrected chi connectivity index (χ4v) is 3.88. The smallest absolute Gasteiger partial charge is 0.259 e. The van der Waals surface area contributed by atoms with Crippen LogP contribution in [0.2, 0.25) is 5.02 Å². The molecular weight excluding hydrogens is 378 g/mol. The number of anilines is 1. The van der Waals surface area contributed by atoms with Gasteiger partial charge in [0, 0.05) is 21.2 Å². The quantitative estimate of drug-likeness (QED) is 0.475. The summed E-state index contributed by atoms with van der Waals surface area (Å²) in [7, 11) is 0. The Hall–Kier alpha value is -2.89. The predicted molar refractivity (Wildman–Crippen MR) is 111 cm³/mol. The Morgan fingerprint density at radius 1 is 1.11 bits per heavy atom. The van der Waals surface area contributed by atoms with Crippen LogP contribution in [0, 0.1) is 6.92 Å². The van der Waals surface area contributed by atoms with Gasteiger partial charge in [-0.25, -0.2) is 4.68 Å². The minimum absolute atomic E-state index is 0.190. The molecule has 6 heteroatoms. The normalized spacial score (nSPS) is 10.7. The second-order valence-corrected chi connectivity index (χ2v) is 7.40. The SMILES string of the molecule is Cc1c(C(=O)Nc2ccccc2-c2cccs2)cnn1-c1cccc(Cl)c1. The molecule has 1 amide bonds. The first-order valence-electron chi connectivity index (χ1n) is 8.38. The summed E-state index contributed by atoms with van der Waals surface area (Å²) in [5, 5.41) is 10.0. The van der Waals surface area contributed by atoms with Crippen molar-refractivity contribution in [1.82, 2.24) is 9.78 Å². The summed E-state index contributed by atoms with van der Waals surface area (Å²) in [6, 6.07) is 19.2. The summed E-state index contributed by atoms with van der Waals surface area (Å²) in [5.41, 5.74) is 3.87. The Labute approximate surface area is 166 Å². The van der Waals surface area contributed by atoms with Gasteiger partial charge >= 0.3 is 0 Å². The molecule has 0 atom stereocenters. The van der Waals surface area contributed by atoms with Crippen molar-refractivity contribution in [3.63, 3.8) is 0 Å². The molecule has 0 aliphatic heterocycles. The number of thiophene rings is 1. The number of aromatic nitrogens is 2.